The zero-order valence-corrected chi connectivity index (χ0v) is 10.8. The van der Waals surface area contributed by atoms with E-state index in [4.69, 9.17) is 0 Å². The van der Waals surface area contributed by atoms with Crippen molar-refractivity contribution in [3.05, 3.63) is 0 Å². The van der Waals surface area contributed by atoms with E-state index in [1.807, 2.05) is 4.90 Å². The number of hydrogen-bond acceptors (Lipinski definition) is 3. The van der Waals surface area contributed by atoms with Crippen LogP contribution < -0.4 is 5.32 Å². The average molecular weight is 227 g/mol. The molecule has 0 aliphatic carbocycles. The van der Waals surface area contributed by atoms with Gasteiger partial charge < -0.3 is 15.1 Å². The minimum Gasteiger partial charge on any atom is -0.340 e. The van der Waals surface area contributed by atoms with Crippen molar-refractivity contribution in [2.24, 2.45) is 0 Å². The third-order valence-electron chi connectivity index (χ3n) is 3.23. The number of carbonyl (C=O) groups excluding carboxylic acids is 1. The minimum atomic E-state index is 0.0758. The van der Waals surface area contributed by atoms with Crippen molar-refractivity contribution < 1.29 is 4.79 Å². The number of hydrogen-bond donors (Lipinski definition) is 1. The van der Waals surface area contributed by atoms with E-state index in [2.05, 4.69) is 31.1 Å². The van der Waals surface area contributed by atoms with Crippen LogP contribution in [0, 0.1) is 0 Å². The molecule has 1 amide bonds. The lowest BCUT2D eigenvalue weighted by atomic mass is 10.2. The topological polar surface area (TPSA) is 35.6 Å². The maximum absolute atomic E-state index is 12.0. The van der Waals surface area contributed by atoms with Gasteiger partial charge in [0.05, 0.1) is 6.04 Å². The van der Waals surface area contributed by atoms with Crippen molar-refractivity contribution >= 4 is 5.91 Å². The van der Waals surface area contributed by atoms with Crippen LogP contribution in [0.3, 0.4) is 0 Å². The highest BCUT2D eigenvalue weighted by molar-refractivity contribution is 5.83. The molecule has 0 aromatic heterocycles. The first-order valence-electron chi connectivity index (χ1n) is 6.39. The van der Waals surface area contributed by atoms with E-state index >= 15 is 0 Å². The molecule has 0 aromatic carbocycles. The van der Waals surface area contributed by atoms with Gasteiger partial charge in [0.15, 0.2) is 0 Å². The van der Waals surface area contributed by atoms with Gasteiger partial charge in [0.25, 0.3) is 0 Å². The predicted octanol–water partition coefficient (Wildman–Crippen LogP) is 0.539. The molecule has 1 rings (SSSR count). The van der Waals surface area contributed by atoms with Gasteiger partial charge >= 0.3 is 0 Å². The second-order valence-electron chi connectivity index (χ2n) is 4.52. The smallest absolute Gasteiger partial charge is 0.239 e. The molecule has 0 radical (unpaired) electrons. The van der Waals surface area contributed by atoms with Gasteiger partial charge in [0.1, 0.15) is 0 Å². The summed E-state index contributed by atoms with van der Waals surface area (Å²) in [4.78, 5) is 16.2. The van der Waals surface area contributed by atoms with Crippen molar-refractivity contribution in [3.63, 3.8) is 0 Å². The highest BCUT2D eigenvalue weighted by Crippen LogP contribution is 2.10. The molecule has 1 N–H and O–H groups in total. The average Bonchev–Trinajstić information content (AvgIpc) is 2.64. The van der Waals surface area contributed by atoms with Crippen LogP contribution in [0.25, 0.3) is 0 Å². The minimum absolute atomic E-state index is 0.0758. The zero-order valence-electron chi connectivity index (χ0n) is 10.8. The molecule has 94 valence electrons. The number of amides is 1. The highest BCUT2D eigenvalue weighted by atomic mass is 16.2. The summed E-state index contributed by atoms with van der Waals surface area (Å²) in [6.45, 7) is 9.00. The Bertz CT molecular complexity index is 220. The lowest BCUT2D eigenvalue weighted by Crippen LogP contribution is -2.41. The fourth-order valence-corrected chi connectivity index (χ4v) is 1.92. The van der Waals surface area contributed by atoms with Crippen LogP contribution in [0.4, 0.5) is 0 Å². The Balaban J connectivity index is 2.27. The molecule has 0 saturated carbocycles. The number of likely N-dealkylation sites (tertiary alicyclic amines) is 1. The van der Waals surface area contributed by atoms with Gasteiger partial charge in [0.2, 0.25) is 5.91 Å². The first kappa shape index (κ1) is 13.5. The Morgan fingerprint density at radius 3 is 2.88 bits per heavy atom. The summed E-state index contributed by atoms with van der Waals surface area (Å²) >= 11 is 0. The van der Waals surface area contributed by atoms with Crippen LogP contribution in [0.1, 0.15) is 26.7 Å². The maximum Gasteiger partial charge on any atom is 0.239 e. The van der Waals surface area contributed by atoms with E-state index in [1.165, 1.54) is 0 Å². The SMILES string of the molecule is CCCNC1CCN(CCN(C)CC)C1=O. The molecule has 1 unspecified atom stereocenters. The molecule has 4 nitrogen and oxygen atoms in total. The molecule has 0 bridgehead atoms. The standard InChI is InChI=1S/C12H25N3O/c1-4-7-13-11-6-8-15(12(11)16)10-9-14(3)5-2/h11,13H,4-10H2,1-3H3. The Kier molecular flexibility index (Phi) is 5.77. The Labute approximate surface area is 99.0 Å². The summed E-state index contributed by atoms with van der Waals surface area (Å²) < 4.78 is 0. The molecular weight excluding hydrogens is 202 g/mol. The van der Waals surface area contributed by atoms with E-state index in [-0.39, 0.29) is 11.9 Å². The molecule has 1 fully saturated rings. The molecule has 1 aliphatic rings. The first-order chi connectivity index (χ1) is 7.69. The van der Waals surface area contributed by atoms with Crippen LogP contribution in [0.15, 0.2) is 0 Å². The molecule has 1 atom stereocenters. The van der Waals surface area contributed by atoms with Gasteiger partial charge in [-0.1, -0.05) is 13.8 Å². The van der Waals surface area contributed by atoms with Gasteiger partial charge in [-0.25, -0.2) is 0 Å². The normalized spacial score (nSPS) is 21.1. The van der Waals surface area contributed by atoms with Crippen molar-refractivity contribution in [2.75, 3.05) is 39.8 Å². The van der Waals surface area contributed by atoms with E-state index < -0.39 is 0 Å². The van der Waals surface area contributed by atoms with Crippen molar-refractivity contribution in [1.82, 2.24) is 15.1 Å². The number of rotatable bonds is 7. The van der Waals surface area contributed by atoms with E-state index in [0.717, 1.165) is 45.6 Å². The summed E-state index contributed by atoms with van der Waals surface area (Å²) in [7, 11) is 2.09. The molecule has 0 spiro atoms. The van der Waals surface area contributed by atoms with Crippen LogP contribution in [0.5, 0.6) is 0 Å². The second-order valence-corrected chi connectivity index (χ2v) is 4.52. The van der Waals surface area contributed by atoms with Gasteiger partial charge in [-0.15, -0.1) is 0 Å². The lowest BCUT2D eigenvalue weighted by Gasteiger charge is -2.21. The molecule has 1 aliphatic heterocycles. The number of carbonyl (C=O) groups is 1. The van der Waals surface area contributed by atoms with Crippen LogP contribution in [-0.4, -0.2) is 61.5 Å². The van der Waals surface area contributed by atoms with Crippen LogP contribution in [0.2, 0.25) is 0 Å². The molecule has 0 aromatic rings. The third-order valence-corrected chi connectivity index (χ3v) is 3.23. The molecule has 4 heteroatoms. The van der Waals surface area contributed by atoms with Gasteiger partial charge in [-0.05, 0) is 33.0 Å². The maximum atomic E-state index is 12.0. The lowest BCUT2D eigenvalue weighted by molar-refractivity contribution is -0.129. The summed E-state index contributed by atoms with van der Waals surface area (Å²) in [5.41, 5.74) is 0. The quantitative estimate of drug-likeness (QED) is 0.689. The number of likely N-dealkylation sites (N-methyl/N-ethyl adjacent to an activating group) is 1. The molecular formula is C12H25N3O. The van der Waals surface area contributed by atoms with Gasteiger partial charge in [-0.3, -0.25) is 4.79 Å². The zero-order chi connectivity index (χ0) is 12.0. The summed E-state index contributed by atoms with van der Waals surface area (Å²) in [6.07, 6.45) is 2.05. The summed E-state index contributed by atoms with van der Waals surface area (Å²) in [5.74, 6) is 0.290. The highest BCUT2D eigenvalue weighted by Gasteiger charge is 2.30. The fraction of sp³-hybridized carbons (Fsp3) is 0.917. The van der Waals surface area contributed by atoms with Gasteiger partial charge in [0, 0.05) is 19.6 Å². The third kappa shape index (κ3) is 3.76. The Morgan fingerprint density at radius 1 is 1.50 bits per heavy atom. The Morgan fingerprint density at radius 2 is 2.25 bits per heavy atom. The largest absolute Gasteiger partial charge is 0.340 e. The number of nitrogens with zero attached hydrogens (tertiary/aromatic N) is 2. The Hall–Kier alpha value is -0.610. The monoisotopic (exact) mass is 227 g/mol. The van der Waals surface area contributed by atoms with E-state index in [0.29, 0.717) is 0 Å². The fourth-order valence-electron chi connectivity index (χ4n) is 1.92. The van der Waals surface area contributed by atoms with E-state index in [1.54, 1.807) is 0 Å². The first-order valence-corrected chi connectivity index (χ1v) is 6.39. The van der Waals surface area contributed by atoms with Crippen LogP contribution >= 0.6 is 0 Å². The molecule has 1 saturated heterocycles. The molecule has 16 heavy (non-hydrogen) atoms. The summed E-state index contributed by atoms with van der Waals surface area (Å²) in [6, 6.07) is 0.0758. The second kappa shape index (κ2) is 6.86. The van der Waals surface area contributed by atoms with E-state index in [9.17, 15) is 4.79 Å². The van der Waals surface area contributed by atoms with Crippen molar-refractivity contribution in [3.8, 4) is 0 Å². The van der Waals surface area contributed by atoms with Crippen molar-refractivity contribution in [1.29, 1.82) is 0 Å². The molecule has 1 heterocycles. The van der Waals surface area contributed by atoms with Crippen LogP contribution in [-0.2, 0) is 4.79 Å². The number of nitrogens with one attached hydrogen (secondary N) is 1. The van der Waals surface area contributed by atoms with Crippen molar-refractivity contribution in [2.45, 2.75) is 32.7 Å². The van der Waals surface area contributed by atoms with Gasteiger partial charge in [-0.2, -0.15) is 0 Å². The predicted molar refractivity (Wildman–Crippen MR) is 66.4 cm³/mol. The summed E-state index contributed by atoms with van der Waals surface area (Å²) in [5, 5.41) is 3.31.